The van der Waals surface area contributed by atoms with Gasteiger partial charge in [0, 0.05) is 5.56 Å². The van der Waals surface area contributed by atoms with Crippen molar-refractivity contribution in [2.75, 3.05) is 5.32 Å². The van der Waals surface area contributed by atoms with Crippen molar-refractivity contribution in [1.82, 2.24) is 10.2 Å². The predicted octanol–water partition coefficient (Wildman–Crippen LogP) is 3.77. The molecule has 2 atom stereocenters. The smallest absolute Gasteiger partial charge is 0.206 e. The molecular weight excluding hydrogens is 270 g/mol. The molecule has 5 heteroatoms. The summed E-state index contributed by atoms with van der Waals surface area (Å²) in [5.74, 6) is 0.834. The van der Waals surface area contributed by atoms with Crippen LogP contribution in [0.4, 0.5) is 5.13 Å². The standard InChI is InChI=1S/C15H19N3OS/c1-4-12-17-18-15(20-12)16-10-7-9(3)13-8(2)5-6-11(19)14(10)13/h5-6,9-10,19H,4,7H2,1-3H3,(H,16,18). The zero-order valence-electron chi connectivity index (χ0n) is 12.0. The van der Waals surface area contributed by atoms with Gasteiger partial charge in [-0.2, -0.15) is 0 Å². The lowest BCUT2D eigenvalue weighted by Gasteiger charge is -2.14. The first-order valence-corrected chi connectivity index (χ1v) is 7.83. The Labute approximate surface area is 122 Å². The van der Waals surface area contributed by atoms with Crippen molar-refractivity contribution < 1.29 is 5.11 Å². The van der Waals surface area contributed by atoms with E-state index in [1.165, 1.54) is 11.1 Å². The van der Waals surface area contributed by atoms with Gasteiger partial charge in [0.05, 0.1) is 6.04 Å². The van der Waals surface area contributed by atoms with Crippen LogP contribution in [-0.2, 0) is 6.42 Å². The second-order valence-electron chi connectivity index (χ2n) is 5.42. The van der Waals surface area contributed by atoms with Crippen LogP contribution in [0.15, 0.2) is 12.1 Å². The molecular formula is C15H19N3OS. The fourth-order valence-corrected chi connectivity index (χ4v) is 3.81. The molecule has 0 aliphatic heterocycles. The first kappa shape index (κ1) is 13.4. The van der Waals surface area contributed by atoms with Crippen molar-refractivity contribution in [1.29, 1.82) is 0 Å². The van der Waals surface area contributed by atoms with E-state index in [-0.39, 0.29) is 6.04 Å². The van der Waals surface area contributed by atoms with E-state index in [1.54, 1.807) is 17.4 Å². The molecule has 0 bridgehead atoms. The lowest BCUT2D eigenvalue weighted by Crippen LogP contribution is -2.07. The molecule has 4 nitrogen and oxygen atoms in total. The monoisotopic (exact) mass is 289 g/mol. The second-order valence-corrected chi connectivity index (χ2v) is 6.48. The maximum atomic E-state index is 10.2. The maximum absolute atomic E-state index is 10.2. The Morgan fingerprint density at radius 2 is 2.15 bits per heavy atom. The number of nitrogens with one attached hydrogen (secondary N) is 1. The average molecular weight is 289 g/mol. The van der Waals surface area contributed by atoms with Crippen LogP contribution in [0.25, 0.3) is 0 Å². The molecule has 0 spiro atoms. The number of phenolic OH excluding ortho intramolecular Hbond substituents is 1. The van der Waals surface area contributed by atoms with Crippen molar-refractivity contribution in [3.63, 3.8) is 0 Å². The van der Waals surface area contributed by atoms with Gasteiger partial charge in [0.1, 0.15) is 10.8 Å². The summed E-state index contributed by atoms with van der Waals surface area (Å²) in [6, 6.07) is 3.91. The Bertz CT molecular complexity index is 638. The van der Waals surface area contributed by atoms with E-state index in [4.69, 9.17) is 0 Å². The minimum atomic E-state index is 0.123. The fraction of sp³-hybridized carbons (Fsp3) is 0.467. The molecule has 0 radical (unpaired) electrons. The van der Waals surface area contributed by atoms with Gasteiger partial charge in [-0.15, -0.1) is 10.2 Å². The Morgan fingerprint density at radius 3 is 2.85 bits per heavy atom. The number of hydrogen-bond donors (Lipinski definition) is 2. The molecule has 0 saturated carbocycles. The number of rotatable bonds is 3. The highest BCUT2D eigenvalue weighted by Gasteiger charge is 2.32. The molecule has 106 valence electrons. The van der Waals surface area contributed by atoms with Crippen LogP contribution in [0.2, 0.25) is 0 Å². The largest absolute Gasteiger partial charge is 0.508 e. The summed E-state index contributed by atoms with van der Waals surface area (Å²) >= 11 is 1.59. The van der Waals surface area contributed by atoms with Gasteiger partial charge >= 0.3 is 0 Å². The average Bonchev–Trinajstić information content (AvgIpc) is 3.00. The van der Waals surface area contributed by atoms with E-state index in [2.05, 4.69) is 36.3 Å². The normalized spacial score (nSPS) is 20.9. The molecule has 0 fully saturated rings. The van der Waals surface area contributed by atoms with Crippen LogP contribution in [-0.4, -0.2) is 15.3 Å². The highest BCUT2D eigenvalue weighted by molar-refractivity contribution is 7.15. The number of aromatic nitrogens is 2. The molecule has 0 amide bonds. The van der Waals surface area contributed by atoms with E-state index in [9.17, 15) is 5.11 Å². The Kier molecular flexibility index (Phi) is 3.38. The molecule has 3 rings (SSSR count). The van der Waals surface area contributed by atoms with E-state index in [1.807, 2.05) is 6.07 Å². The van der Waals surface area contributed by atoms with Gasteiger partial charge < -0.3 is 10.4 Å². The third kappa shape index (κ3) is 2.16. The van der Waals surface area contributed by atoms with E-state index < -0.39 is 0 Å². The molecule has 1 heterocycles. The Morgan fingerprint density at radius 1 is 1.35 bits per heavy atom. The number of phenols is 1. The van der Waals surface area contributed by atoms with Gasteiger partial charge in [-0.25, -0.2) is 0 Å². The highest BCUT2D eigenvalue weighted by Crippen LogP contribution is 2.47. The molecule has 2 N–H and O–H groups in total. The first-order valence-electron chi connectivity index (χ1n) is 7.01. The van der Waals surface area contributed by atoms with Crippen molar-refractivity contribution in [2.24, 2.45) is 0 Å². The molecule has 2 unspecified atom stereocenters. The van der Waals surface area contributed by atoms with Crippen LogP contribution in [0.3, 0.4) is 0 Å². The lowest BCUT2D eigenvalue weighted by atomic mass is 9.97. The molecule has 0 saturated heterocycles. The van der Waals surface area contributed by atoms with E-state index in [0.29, 0.717) is 11.7 Å². The summed E-state index contributed by atoms with van der Waals surface area (Å²) in [5.41, 5.74) is 3.56. The number of anilines is 1. The summed E-state index contributed by atoms with van der Waals surface area (Å²) in [7, 11) is 0. The summed E-state index contributed by atoms with van der Waals surface area (Å²) in [6.45, 7) is 6.40. The topological polar surface area (TPSA) is 58.0 Å². The lowest BCUT2D eigenvalue weighted by molar-refractivity contribution is 0.465. The zero-order valence-corrected chi connectivity index (χ0v) is 12.8. The van der Waals surface area contributed by atoms with Gasteiger partial charge in [0.15, 0.2) is 0 Å². The SMILES string of the molecule is CCc1nnc(NC2CC(C)c3c(C)ccc(O)c32)s1. The predicted molar refractivity (Wildman–Crippen MR) is 81.5 cm³/mol. The molecule has 2 aromatic rings. The fourth-order valence-electron chi connectivity index (χ4n) is 3.08. The van der Waals surface area contributed by atoms with Crippen molar-refractivity contribution in [3.05, 3.63) is 33.8 Å². The quantitative estimate of drug-likeness (QED) is 0.903. The summed E-state index contributed by atoms with van der Waals surface area (Å²) in [6.07, 6.45) is 1.89. The Balaban J connectivity index is 1.93. The molecule has 1 aliphatic carbocycles. The number of benzene rings is 1. The molecule has 1 aromatic heterocycles. The van der Waals surface area contributed by atoms with Crippen LogP contribution in [0.1, 0.15) is 53.9 Å². The third-order valence-corrected chi connectivity index (χ3v) is 4.98. The van der Waals surface area contributed by atoms with E-state index >= 15 is 0 Å². The minimum absolute atomic E-state index is 0.123. The number of hydrogen-bond acceptors (Lipinski definition) is 5. The number of nitrogens with zero attached hydrogens (tertiary/aromatic N) is 2. The van der Waals surface area contributed by atoms with Gasteiger partial charge in [0.2, 0.25) is 5.13 Å². The van der Waals surface area contributed by atoms with Crippen molar-refractivity contribution in [2.45, 2.75) is 45.6 Å². The number of aromatic hydroxyl groups is 1. The maximum Gasteiger partial charge on any atom is 0.206 e. The molecule has 1 aromatic carbocycles. The van der Waals surface area contributed by atoms with Crippen LogP contribution in [0.5, 0.6) is 5.75 Å². The molecule has 1 aliphatic rings. The van der Waals surface area contributed by atoms with E-state index in [0.717, 1.165) is 28.5 Å². The summed E-state index contributed by atoms with van der Waals surface area (Å²) in [5, 5.41) is 23.8. The van der Waals surface area contributed by atoms with Gasteiger partial charge in [-0.3, -0.25) is 0 Å². The number of fused-ring (bicyclic) bond motifs is 1. The van der Waals surface area contributed by atoms with Crippen LogP contribution >= 0.6 is 11.3 Å². The van der Waals surface area contributed by atoms with Crippen LogP contribution in [0, 0.1) is 6.92 Å². The second kappa shape index (κ2) is 5.05. The Hall–Kier alpha value is -1.62. The van der Waals surface area contributed by atoms with Gasteiger partial charge in [-0.05, 0) is 42.9 Å². The zero-order chi connectivity index (χ0) is 14.3. The third-order valence-electron chi connectivity index (χ3n) is 3.98. The van der Waals surface area contributed by atoms with Crippen molar-refractivity contribution in [3.8, 4) is 5.75 Å². The van der Waals surface area contributed by atoms with Crippen molar-refractivity contribution >= 4 is 16.5 Å². The highest BCUT2D eigenvalue weighted by atomic mass is 32.1. The van der Waals surface area contributed by atoms with Gasteiger partial charge in [0.25, 0.3) is 0 Å². The minimum Gasteiger partial charge on any atom is -0.508 e. The summed E-state index contributed by atoms with van der Waals surface area (Å²) < 4.78 is 0. The first-order chi connectivity index (χ1) is 9.60. The van der Waals surface area contributed by atoms with Gasteiger partial charge in [-0.1, -0.05) is 31.3 Å². The summed E-state index contributed by atoms with van der Waals surface area (Å²) in [4.78, 5) is 0. The molecule has 20 heavy (non-hydrogen) atoms. The number of aryl methyl sites for hydroxylation is 2. The van der Waals surface area contributed by atoms with Crippen LogP contribution < -0.4 is 5.32 Å².